The fourth-order valence-corrected chi connectivity index (χ4v) is 1.57. The van der Waals surface area contributed by atoms with E-state index < -0.39 is 17.7 Å². The van der Waals surface area contributed by atoms with Gasteiger partial charge in [0.2, 0.25) is 5.91 Å². The molecule has 0 saturated heterocycles. The molecule has 1 unspecified atom stereocenters. The molecule has 1 aromatic carbocycles. The third-order valence-corrected chi connectivity index (χ3v) is 2.70. The van der Waals surface area contributed by atoms with E-state index in [0.717, 1.165) is 18.6 Å². The number of halogens is 2. The van der Waals surface area contributed by atoms with Crippen LogP contribution in [0.25, 0.3) is 0 Å². The normalized spacial score (nSPS) is 12.9. The van der Waals surface area contributed by atoms with E-state index in [-0.39, 0.29) is 24.8 Å². The van der Waals surface area contributed by atoms with Crippen LogP contribution in [0.2, 0.25) is 0 Å². The molecule has 0 aliphatic carbocycles. The molecule has 0 aromatic heterocycles. The van der Waals surface area contributed by atoms with Crippen LogP contribution >= 0.6 is 0 Å². The van der Waals surface area contributed by atoms with Gasteiger partial charge in [-0.1, -0.05) is 13.0 Å². The van der Waals surface area contributed by atoms with E-state index in [4.69, 9.17) is 4.74 Å². The molecule has 1 amide bonds. The monoisotopic (exact) mass is 299 g/mol. The molecule has 4 nitrogen and oxygen atoms in total. The van der Waals surface area contributed by atoms with Gasteiger partial charge in [0.25, 0.3) is 0 Å². The number of benzene rings is 1. The summed E-state index contributed by atoms with van der Waals surface area (Å²) < 4.78 is 30.8. The first-order valence-electron chi connectivity index (χ1n) is 6.65. The topological polar surface area (TPSA) is 58.6 Å². The lowest BCUT2D eigenvalue weighted by Crippen LogP contribution is -2.35. The minimum atomic E-state index is -1.02. The van der Waals surface area contributed by atoms with Crippen LogP contribution in [0.3, 0.4) is 0 Å². The molecule has 0 aliphatic heterocycles. The predicted molar refractivity (Wildman–Crippen MR) is 74.9 cm³/mol. The van der Waals surface area contributed by atoms with E-state index in [9.17, 15) is 18.7 Å². The van der Waals surface area contributed by atoms with Gasteiger partial charge in [0.15, 0.2) is 11.6 Å². The maximum absolute atomic E-state index is 12.9. The van der Waals surface area contributed by atoms with Gasteiger partial charge < -0.3 is 15.2 Å². The van der Waals surface area contributed by atoms with E-state index in [0.29, 0.717) is 5.57 Å². The minimum Gasteiger partial charge on any atom is -0.491 e. The summed E-state index contributed by atoms with van der Waals surface area (Å²) in [5.41, 5.74) is 0.575. The van der Waals surface area contributed by atoms with Crippen molar-refractivity contribution in [2.75, 3.05) is 13.2 Å². The number of ether oxygens (including phenoxy) is 1. The molecule has 0 radical (unpaired) electrons. The number of allylic oxidation sites excluding steroid dienone is 1. The Morgan fingerprint density at radius 2 is 2.14 bits per heavy atom. The van der Waals surface area contributed by atoms with E-state index in [1.54, 1.807) is 13.0 Å². The summed E-state index contributed by atoms with van der Waals surface area (Å²) in [7, 11) is 0. The predicted octanol–water partition coefficient (Wildman–Crippen LogP) is 2.18. The second-order valence-corrected chi connectivity index (χ2v) is 4.55. The Balaban J connectivity index is 2.37. The highest BCUT2D eigenvalue weighted by atomic mass is 19.2. The molecular weight excluding hydrogens is 280 g/mol. The van der Waals surface area contributed by atoms with Crippen molar-refractivity contribution in [3.63, 3.8) is 0 Å². The van der Waals surface area contributed by atoms with Crippen LogP contribution in [0.15, 0.2) is 29.8 Å². The first-order chi connectivity index (χ1) is 9.93. The fourth-order valence-electron chi connectivity index (χ4n) is 1.57. The highest BCUT2D eigenvalue weighted by Gasteiger charge is 2.10. The minimum absolute atomic E-state index is 0.0113. The molecule has 1 rings (SSSR count). The summed E-state index contributed by atoms with van der Waals surface area (Å²) >= 11 is 0. The molecule has 0 heterocycles. The van der Waals surface area contributed by atoms with Crippen LogP contribution in [-0.2, 0) is 4.79 Å². The summed E-state index contributed by atoms with van der Waals surface area (Å²) in [5, 5.41) is 12.2. The van der Waals surface area contributed by atoms with Crippen molar-refractivity contribution >= 4 is 5.91 Å². The molecule has 1 aromatic rings. The molecule has 0 fully saturated rings. The maximum Gasteiger partial charge on any atom is 0.246 e. The molecule has 21 heavy (non-hydrogen) atoms. The summed E-state index contributed by atoms with van der Waals surface area (Å²) in [5.74, 6) is -2.13. The van der Waals surface area contributed by atoms with E-state index in [2.05, 4.69) is 5.32 Å². The van der Waals surface area contributed by atoms with Crippen LogP contribution < -0.4 is 10.1 Å². The number of carbonyl (C=O) groups is 1. The maximum atomic E-state index is 12.9. The summed E-state index contributed by atoms with van der Waals surface area (Å²) in [4.78, 5) is 11.6. The molecule has 0 bridgehead atoms. The van der Waals surface area contributed by atoms with E-state index in [1.165, 1.54) is 6.07 Å². The average molecular weight is 299 g/mol. The van der Waals surface area contributed by atoms with Gasteiger partial charge >= 0.3 is 0 Å². The number of nitrogens with one attached hydrogen (secondary N) is 1. The smallest absolute Gasteiger partial charge is 0.246 e. The van der Waals surface area contributed by atoms with Gasteiger partial charge in [-0.05, 0) is 25.5 Å². The lowest BCUT2D eigenvalue weighted by molar-refractivity contribution is -0.118. The lowest BCUT2D eigenvalue weighted by Gasteiger charge is -2.13. The number of hydrogen-bond acceptors (Lipinski definition) is 3. The van der Waals surface area contributed by atoms with Crippen LogP contribution in [0.1, 0.15) is 20.3 Å². The van der Waals surface area contributed by atoms with Gasteiger partial charge in [-0.25, -0.2) is 8.78 Å². The number of aliphatic hydroxyl groups is 1. The van der Waals surface area contributed by atoms with Gasteiger partial charge in [0.1, 0.15) is 18.5 Å². The zero-order valence-electron chi connectivity index (χ0n) is 12.0. The highest BCUT2D eigenvalue weighted by molar-refractivity contribution is 5.92. The largest absolute Gasteiger partial charge is 0.491 e. The Morgan fingerprint density at radius 1 is 1.43 bits per heavy atom. The number of carbonyl (C=O) groups excluding carboxylic acids is 1. The molecule has 0 saturated carbocycles. The van der Waals surface area contributed by atoms with Gasteiger partial charge in [0.05, 0.1) is 0 Å². The third-order valence-electron chi connectivity index (χ3n) is 2.70. The molecular formula is C15H19F2NO3. The summed E-state index contributed by atoms with van der Waals surface area (Å²) in [6.07, 6.45) is 1.58. The number of aliphatic hydroxyl groups excluding tert-OH is 1. The van der Waals surface area contributed by atoms with Crippen LogP contribution in [0.4, 0.5) is 8.78 Å². The van der Waals surface area contributed by atoms with Crippen molar-refractivity contribution in [3.8, 4) is 5.75 Å². The Labute approximate surface area is 122 Å². The first-order valence-corrected chi connectivity index (χ1v) is 6.65. The average Bonchev–Trinajstić information content (AvgIpc) is 2.46. The zero-order chi connectivity index (χ0) is 15.8. The van der Waals surface area contributed by atoms with Gasteiger partial charge in [-0.3, -0.25) is 4.79 Å². The van der Waals surface area contributed by atoms with Crippen molar-refractivity contribution in [2.45, 2.75) is 26.4 Å². The van der Waals surface area contributed by atoms with Crippen LogP contribution in [0, 0.1) is 11.6 Å². The lowest BCUT2D eigenvalue weighted by atomic mass is 10.2. The molecule has 116 valence electrons. The quantitative estimate of drug-likeness (QED) is 0.759. The summed E-state index contributed by atoms with van der Waals surface area (Å²) in [6.45, 7) is 3.48. The number of amides is 1. The Kier molecular flexibility index (Phi) is 6.81. The van der Waals surface area contributed by atoms with E-state index in [1.807, 2.05) is 6.92 Å². The van der Waals surface area contributed by atoms with Gasteiger partial charge in [0, 0.05) is 18.2 Å². The molecule has 6 heteroatoms. The fraction of sp³-hybridized carbons (Fsp3) is 0.400. The first kappa shape index (κ1) is 17.1. The van der Waals surface area contributed by atoms with Crippen molar-refractivity contribution < 1.29 is 23.4 Å². The Bertz CT molecular complexity index is 518. The SMILES string of the molecule is CC/C=C(/C)C(=O)NCC(O)COc1ccc(F)c(F)c1. The molecule has 2 N–H and O–H groups in total. The van der Waals surface area contributed by atoms with Crippen molar-refractivity contribution in [2.24, 2.45) is 0 Å². The van der Waals surface area contributed by atoms with E-state index >= 15 is 0 Å². The molecule has 1 atom stereocenters. The Morgan fingerprint density at radius 3 is 2.76 bits per heavy atom. The Hall–Kier alpha value is -1.95. The second-order valence-electron chi connectivity index (χ2n) is 4.55. The zero-order valence-corrected chi connectivity index (χ0v) is 12.0. The number of rotatable bonds is 7. The molecule has 0 aliphatic rings. The molecule has 0 spiro atoms. The number of hydrogen-bond donors (Lipinski definition) is 2. The second kappa shape index (κ2) is 8.36. The third kappa shape index (κ3) is 5.91. The van der Waals surface area contributed by atoms with Crippen LogP contribution in [-0.4, -0.2) is 30.3 Å². The van der Waals surface area contributed by atoms with Gasteiger partial charge in [-0.15, -0.1) is 0 Å². The summed E-state index contributed by atoms with van der Waals surface area (Å²) in [6, 6.07) is 3.10. The van der Waals surface area contributed by atoms with Crippen molar-refractivity contribution in [1.29, 1.82) is 0 Å². The highest BCUT2D eigenvalue weighted by Crippen LogP contribution is 2.15. The van der Waals surface area contributed by atoms with Crippen molar-refractivity contribution in [1.82, 2.24) is 5.32 Å². The van der Waals surface area contributed by atoms with Crippen LogP contribution in [0.5, 0.6) is 5.75 Å². The van der Waals surface area contributed by atoms with Crippen molar-refractivity contribution in [3.05, 3.63) is 41.5 Å². The van der Waals surface area contributed by atoms with Gasteiger partial charge in [-0.2, -0.15) is 0 Å². The standard InChI is InChI=1S/C15H19F2NO3/c1-3-4-10(2)15(20)18-8-11(19)9-21-12-5-6-13(16)14(17)7-12/h4-7,11,19H,3,8-9H2,1-2H3,(H,18,20)/b10-4-.